The van der Waals surface area contributed by atoms with Gasteiger partial charge in [0, 0.05) is 10.6 Å². The average molecular weight is 344 g/mol. The first kappa shape index (κ1) is 12.0. The molecule has 17 heavy (non-hydrogen) atoms. The average Bonchev–Trinajstić information content (AvgIpc) is 2.35. The van der Waals surface area contributed by atoms with Gasteiger partial charge in [0.15, 0.2) is 11.6 Å². The number of anilines is 3. The summed E-state index contributed by atoms with van der Waals surface area (Å²) < 4.78 is 14.5. The van der Waals surface area contributed by atoms with E-state index in [2.05, 4.69) is 43.2 Å². The second-order valence-corrected chi connectivity index (χ2v) is 4.41. The number of nitrogens with one attached hydrogen (secondary N) is 2. The van der Waals surface area contributed by atoms with E-state index in [0.29, 0.717) is 5.95 Å². The maximum atomic E-state index is 13.5. The third-order valence-corrected chi connectivity index (χ3v) is 3.04. The zero-order valence-corrected chi connectivity index (χ0v) is 11.2. The predicted octanol–water partition coefficient (Wildman–Crippen LogP) is 3.01. The Kier molecular flexibility index (Phi) is 3.72. The van der Waals surface area contributed by atoms with E-state index in [1.165, 1.54) is 0 Å². The van der Waals surface area contributed by atoms with Crippen molar-refractivity contribution in [3.05, 3.63) is 39.8 Å². The highest BCUT2D eigenvalue weighted by Crippen LogP contribution is 2.22. The van der Waals surface area contributed by atoms with Crippen LogP contribution in [-0.4, -0.2) is 17.0 Å². The molecule has 88 valence electrons. The van der Waals surface area contributed by atoms with Gasteiger partial charge in [0.1, 0.15) is 0 Å². The predicted molar refractivity (Wildman–Crippen MR) is 74.0 cm³/mol. The van der Waals surface area contributed by atoms with Crippen LogP contribution in [-0.2, 0) is 0 Å². The van der Waals surface area contributed by atoms with E-state index in [4.69, 9.17) is 0 Å². The summed E-state index contributed by atoms with van der Waals surface area (Å²) in [4.78, 5) is 7.80. The first-order valence-electron chi connectivity index (χ1n) is 4.92. The Hall–Kier alpha value is -1.44. The highest BCUT2D eigenvalue weighted by atomic mass is 127. The van der Waals surface area contributed by atoms with Crippen LogP contribution >= 0.6 is 22.6 Å². The molecule has 0 radical (unpaired) electrons. The van der Waals surface area contributed by atoms with E-state index in [9.17, 15) is 4.39 Å². The monoisotopic (exact) mass is 344 g/mol. The molecule has 0 saturated carbocycles. The van der Waals surface area contributed by atoms with Crippen LogP contribution < -0.4 is 10.6 Å². The summed E-state index contributed by atoms with van der Waals surface area (Å²) >= 11 is 2.17. The zero-order valence-electron chi connectivity index (χ0n) is 9.04. The minimum atomic E-state index is -0.483. The Morgan fingerprint density at radius 3 is 2.76 bits per heavy atom. The van der Waals surface area contributed by atoms with Gasteiger partial charge in [-0.2, -0.15) is 4.98 Å². The topological polar surface area (TPSA) is 49.8 Å². The molecule has 6 heteroatoms. The molecule has 0 atom stereocenters. The van der Waals surface area contributed by atoms with Crippen LogP contribution in [0.3, 0.4) is 0 Å². The van der Waals surface area contributed by atoms with Crippen LogP contribution in [0.15, 0.2) is 30.5 Å². The van der Waals surface area contributed by atoms with Gasteiger partial charge in [0.05, 0.1) is 11.9 Å². The minimum absolute atomic E-state index is 0.161. The Morgan fingerprint density at radius 1 is 1.29 bits per heavy atom. The van der Waals surface area contributed by atoms with Crippen LogP contribution in [0.1, 0.15) is 0 Å². The van der Waals surface area contributed by atoms with Crippen LogP contribution in [0.2, 0.25) is 0 Å². The van der Waals surface area contributed by atoms with Gasteiger partial charge in [-0.3, -0.25) is 0 Å². The second kappa shape index (κ2) is 5.26. The molecule has 4 nitrogen and oxygen atoms in total. The van der Waals surface area contributed by atoms with E-state index in [-0.39, 0.29) is 5.82 Å². The van der Waals surface area contributed by atoms with Crippen molar-refractivity contribution in [3.63, 3.8) is 0 Å². The van der Waals surface area contributed by atoms with Crippen LogP contribution in [0.4, 0.5) is 21.8 Å². The lowest BCUT2D eigenvalue weighted by molar-refractivity contribution is 0.619. The molecule has 0 fully saturated rings. The first-order valence-corrected chi connectivity index (χ1v) is 6.00. The molecule has 0 aliphatic carbocycles. The summed E-state index contributed by atoms with van der Waals surface area (Å²) in [6, 6.07) is 7.59. The number of rotatable bonds is 3. The lowest BCUT2D eigenvalue weighted by Gasteiger charge is -2.09. The fourth-order valence-corrected chi connectivity index (χ4v) is 1.79. The molecule has 0 unspecified atom stereocenters. The summed E-state index contributed by atoms with van der Waals surface area (Å²) in [5, 5.41) is 5.71. The van der Waals surface area contributed by atoms with Crippen LogP contribution in [0.5, 0.6) is 0 Å². The van der Waals surface area contributed by atoms with Crippen molar-refractivity contribution in [1.29, 1.82) is 0 Å². The van der Waals surface area contributed by atoms with Gasteiger partial charge in [0.2, 0.25) is 5.95 Å². The molecule has 0 aliphatic rings. The molecular weight excluding hydrogens is 334 g/mol. The van der Waals surface area contributed by atoms with E-state index in [1.807, 2.05) is 24.3 Å². The lowest BCUT2D eigenvalue weighted by atomic mass is 10.3. The number of hydrogen-bond acceptors (Lipinski definition) is 4. The highest BCUT2D eigenvalue weighted by Gasteiger charge is 2.07. The number of nitrogens with zero attached hydrogens (tertiary/aromatic N) is 2. The minimum Gasteiger partial charge on any atom is -0.357 e. The summed E-state index contributed by atoms with van der Waals surface area (Å²) in [6.07, 6.45) is 1.14. The summed E-state index contributed by atoms with van der Waals surface area (Å²) in [5.74, 6) is 0.0527. The molecular formula is C11H10FIN4. The van der Waals surface area contributed by atoms with E-state index in [0.717, 1.165) is 15.5 Å². The van der Waals surface area contributed by atoms with Gasteiger partial charge >= 0.3 is 0 Å². The van der Waals surface area contributed by atoms with Crippen molar-refractivity contribution >= 4 is 40.0 Å². The number of hydrogen-bond donors (Lipinski definition) is 2. The SMILES string of the molecule is CNc1ncc(F)c(Nc2ccccc2I)n1. The maximum Gasteiger partial charge on any atom is 0.224 e. The van der Waals surface area contributed by atoms with Gasteiger partial charge in [-0.25, -0.2) is 9.37 Å². The number of benzene rings is 1. The number of aromatic nitrogens is 2. The standard InChI is InChI=1S/C11H10FIN4/c1-14-11-15-6-7(12)10(17-11)16-9-5-3-2-4-8(9)13/h2-6H,1H3,(H2,14,15,16,17). The maximum absolute atomic E-state index is 13.5. The molecule has 0 bridgehead atoms. The van der Waals surface area contributed by atoms with Gasteiger partial charge in [-0.05, 0) is 34.7 Å². The van der Waals surface area contributed by atoms with Gasteiger partial charge in [-0.15, -0.1) is 0 Å². The number of halogens is 2. The first-order chi connectivity index (χ1) is 8.20. The van der Waals surface area contributed by atoms with Crippen molar-refractivity contribution < 1.29 is 4.39 Å². The quantitative estimate of drug-likeness (QED) is 0.841. The Bertz CT molecular complexity index is 533. The summed E-state index contributed by atoms with van der Waals surface area (Å²) in [7, 11) is 1.68. The van der Waals surface area contributed by atoms with E-state index in [1.54, 1.807) is 7.05 Å². The third-order valence-electron chi connectivity index (χ3n) is 2.09. The molecule has 2 rings (SSSR count). The van der Waals surface area contributed by atoms with Gasteiger partial charge in [-0.1, -0.05) is 12.1 Å². The largest absolute Gasteiger partial charge is 0.357 e. The zero-order chi connectivity index (χ0) is 12.3. The number of para-hydroxylation sites is 1. The van der Waals surface area contributed by atoms with Crippen molar-refractivity contribution in [1.82, 2.24) is 9.97 Å². The summed E-state index contributed by atoms with van der Waals surface area (Å²) in [5.41, 5.74) is 0.813. The Morgan fingerprint density at radius 2 is 2.06 bits per heavy atom. The molecule has 2 N–H and O–H groups in total. The third kappa shape index (κ3) is 2.82. The molecule has 1 aromatic carbocycles. The smallest absolute Gasteiger partial charge is 0.224 e. The highest BCUT2D eigenvalue weighted by molar-refractivity contribution is 14.1. The Labute approximate surface area is 112 Å². The van der Waals surface area contributed by atoms with Crippen molar-refractivity contribution in [2.24, 2.45) is 0 Å². The second-order valence-electron chi connectivity index (χ2n) is 3.24. The lowest BCUT2D eigenvalue weighted by Crippen LogP contribution is -2.03. The summed E-state index contributed by atoms with van der Waals surface area (Å²) in [6.45, 7) is 0. The normalized spacial score (nSPS) is 10.1. The van der Waals surface area contributed by atoms with Crippen molar-refractivity contribution in [2.45, 2.75) is 0 Å². The molecule has 0 amide bonds. The molecule has 2 aromatic rings. The van der Waals surface area contributed by atoms with Crippen molar-refractivity contribution in [2.75, 3.05) is 17.7 Å². The van der Waals surface area contributed by atoms with Gasteiger partial charge < -0.3 is 10.6 Å². The molecule has 1 aromatic heterocycles. The Balaban J connectivity index is 2.32. The fraction of sp³-hybridized carbons (Fsp3) is 0.0909. The molecule has 1 heterocycles. The van der Waals surface area contributed by atoms with Crippen LogP contribution in [0.25, 0.3) is 0 Å². The van der Waals surface area contributed by atoms with Gasteiger partial charge in [0.25, 0.3) is 0 Å². The molecule has 0 saturated heterocycles. The molecule has 0 aliphatic heterocycles. The van der Waals surface area contributed by atoms with E-state index < -0.39 is 5.82 Å². The van der Waals surface area contributed by atoms with Crippen molar-refractivity contribution in [3.8, 4) is 0 Å². The molecule has 0 spiro atoms. The van der Waals surface area contributed by atoms with E-state index >= 15 is 0 Å². The van der Waals surface area contributed by atoms with Crippen LogP contribution in [0, 0.1) is 9.39 Å². The fourth-order valence-electron chi connectivity index (χ4n) is 1.27.